The van der Waals surface area contributed by atoms with Gasteiger partial charge in [-0.2, -0.15) is 0 Å². The maximum absolute atomic E-state index is 9.85. The molecule has 0 aromatic carbocycles. The van der Waals surface area contributed by atoms with E-state index in [0.717, 1.165) is 18.9 Å². The summed E-state index contributed by atoms with van der Waals surface area (Å²) >= 11 is 0. The van der Waals surface area contributed by atoms with Gasteiger partial charge >= 0.3 is 0 Å². The van der Waals surface area contributed by atoms with Crippen molar-refractivity contribution < 1.29 is 5.11 Å². The third-order valence-corrected chi connectivity index (χ3v) is 3.67. The summed E-state index contributed by atoms with van der Waals surface area (Å²) in [5.41, 5.74) is -0.535. The Balaban J connectivity index is 2.23. The minimum absolute atomic E-state index is 0.535. The van der Waals surface area contributed by atoms with Crippen LogP contribution in [0.5, 0.6) is 0 Å². The monoisotopic (exact) mass is 199 g/mol. The molecule has 0 saturated heterocycles. The lowest BCUT2D eigenvalue weighted by Gasteiger charge is -2.27. The largest absolute Gasteiger partial charge is 0.389 e. The van der Waals surface area contributed by atoms with Crippen molar-refractivity contribution in [2.45, 2.75) is 64.5 Å². The fourth-order valence-corrected chi connectivity index (χ4v) is 2.13. The number of hydrogen-bond acceptors (Lipinski definition) is 2. The molecule has 2 nitrogen and oxygen atoms in total. The molecule has 1 aliphatic rings. The zero-order valence-electron chi connectivity index (χ0n) is 9.84. The minimum Gasteiger partial charge on any atom is -0.389 e. The van der Waals surface area contributed by atoms with Gasteiger partial charge < -0.3 is 10.4 Å². The van der Waals surface area contributed by atoms with Gasteiger partial charge in [0.2, 0.25) is 0 Å². The van der Waals surface area contributed by atoms with Crippen LogP contribution in [0.1, 0.15) is 52.9 Å². The summed E-state index contributed by atoms with van der Waals surface area (Å²) in [6.07, 6.45) is 6.32. The van der Waals surface area contributed by atoms with Crippen molar-refractivity contribution in [2.75, 3.05) is 6.54 Å². The highest BCUT2D eigenvalue weighted by atomic mass is 16.3. The molecule has 1 aliphatic carbocycles. The molecule has 0 aromatic rings. The molecule has 0 aliphatic heterocycles. The Hall–Kier alpha value is -0.0800. The van der Waals surface area contributed by atoms with Crippen molar-refractivity contribution in [1.82, 2.24) is 5.32 Å². The lowest BCUT2D eigenvalue weighted by atomic mass is 9.97. The zero-order chi connectivity index (χ0) is 10.6. The topological polar surface area (TPSA) is 32.3 Å². The highest BCUT2D eigenvalue weighted by Crippen LogP contribution is 2.27. The Morgan fingerprint density at radius 1 is 1.43 bits per heavy atom. The van der Waals surface area contributed by atoms with Crippen molar-refractivity contribution in [1.29, 1.82) is 0 Å². The average molecular weight is 199 g/mol. The molecule has 1 saturated carbocycles. The van der Waals surface area contributed by atoms with Crippen LogP contribution in [0.2, 0.25) is 0 Å². The van der Waals surface area contributed by atoms with Gasteiger partial charge in [0.1, 0.15) is 0 Å². The number of hydrogen-bond donors (Lipinski definition) is 2. The SMILES string of the molecule is CCC(C)(O)CN[C@@H](C)C1CCCC1. The molecule has 84 valence electrons. The van der Waals surface area contributed by atoms with Gasteiger partial charge in [-0.15, -0.1) is 0 Å². The maximum atomic E-state index is 9.85. The Labute approximate surface area is 88.1 Å². The Kier molecular flexibility index (Phi) is 4.39. The van der Waals surface area contributed by atoms with E-state index in [4.69, 9.17) is 0 Å². The van der Waals surface area contributed by atoms with Crippen LogP contribution in [-0.2, 0) is 0 Å². The van der Waals surface area contributed by atoms with Crippen molar-refractivity contribution in [2.24, 2.45) is 5.92 Å². The van der Waals surface area contributed by atoms with Crippen molar-refractivity contribution in [3.05, 3.63) is 0 Å². The quantitative estimate of drug-likeness (QED) is 0.712. The van der Waals surface area contributed by atoms with Crippen LogP contribution < -0.4 is 5.32 Å². The summed E-state index contributed by atoms with van der Waals surface area (Å²) in [5, 5.41) is 13.3. The molecule has 2 N–H and O–H groups in total. The minimum atomic E-state index is -0.535. The van der Waals surface area contributed by atoms with Gasteiger partial charge in [0.05, 0.1) is 5.60 Å². The van der Waals surface area contributed by atoms with E-state index in [1.54, 1.807) is 0 Å². The first kappa shape index (κ1) is 12.0. The van der Waals surface area contributed by atoms with Crippen LogP contribution in [-0.4, -0.2) is 23.3 Å². The normalized spacial score (nSPS) is 24.9. The summed E-state index contributed by atoms with van der Waals surface area (Å²) in [4.78, 5) is 0. The van der Waals surface area contributed by atoms with E-state index in [9.17, 15) is 5.11 Å². The van der Waals surface area contributed by atoms with E-state index in [1.807, 2.05) is 13.8 Å². The number of aliphatic hydroxyl groups is 1. The van der Waals surface area contributed by atoms with Gasteiger partial charge in [0.25, 0.3) is 0 Å². The fraction of sp³-hybridized carbons (Fsp3) is 1.00. The number of nitrogens with one attached hydrogen (secondary N) is 1. The van der Waals surface area contributed by atoms with Gasteiger partial charge in [0.15, 0.2) is 0 Å². The molecule has 14 heavy (non-hydrogen) atoms. The molecule has 0 radical (unpaired) electrons. The first-order valence-corrected chi connectivity index (χ1v) is 6.01. The second-order valence-corrected chi connectivity index (χ2v) is 5.06. The van der Waals surface area contributed by atoms with Crippen molar-refractivity contribution >= 4 is 0 Å². The van der Waals surface area contributed by atoms with Crippen LogP contribution in [0.15, 0.2) is 0 Å². The average Bonchev–Trinajstić information content (AvgIpc) is 2.67. The van der Waals surface area contributed by atoms with Gasteiger partial charge in [-0.25, -0.2) is 0 Å². The second-order valence-electron chi connectivity index (χ2n) is 5.06. The van der Waals surface area contributed by atoms with Gasteiger partial charge in [0, 0.05) is 12.6 Å². The Bertz CT molecular complexity index is 162. The summed E-state index contributed by atoms with van der Waals surface area (Å²) in [6, 6.07) is 0.565. The predicted octanol–water partition coefficient (Wildman–Crippen LogP) is 2.32. The first-order chi connectivity index (χ1) is 6.55. The summed E-state index contributed by atoms with van der Waals surface area (Å²) in [6.45, 7) is 6.91. The molecule has 2 heteroatoms. The number of rotatable bonds is 5. The molecule has 1 unspecified atom stereocenters. The van der Waals surface area contributed by atoms with E-state index in [0.29, 0.717) is 6.04 Å². The van der Waals surface area contributed by atoms with E-state index >= 15 is 0 Å². The smallest absolute Gasteiger partial charge is 0.0741 e. The molecule has 0 amide bonds. The molecular weight excluding hydrogens is 174 g/mol. The van der Waals surface area contributed by atoms with Crippen LogP contribution in [0.4, 0.5) is 0 Å². The highest BCUT2D eigenvalue weighted by molar-refractivity contribution is 4.81. The summed E-state index contributed by atoms with van der Waals surface area (Å²) in [7, 11) is 0. The van der Waals surface area contributed by atoms with Gasteiger partial charge in [-0.05, 0) is 39.0 Å². The van der Waals surface area contributed by atoms with Crippen LogP contribution in [0.25, 0.3) is 0 Å². The van der Waals surface area contributed by atoms with Gasteiger partial charge in [-0.3, -0.25) is 0 Å². The molecule has 0 bridgehead atoms. The third-order valence-electron chi connectivity index (χ3n) is 3.67. The Morgan fingerprint density at radius 2 is 2.00 bits per heavy atom. The van der Waals surface area contributed by atoms with E-state index in [2.05, 4.69) is 12.2 Å². The summed E-state index contributed by atoms with van der Waals surface area (Å²) in [5.74, 6) is 0.836. The standard InChI is InChI=1S/C12H25NO/c1-4-12(3,14)9-13-10(2)11-7-5-6-8-11/h10-11,13-14H,4-9H2,1-3H3/t10-,12?/m0/s1. The molecule has 2 atom stereocenters. The lowest BCUT2D eigenvalue weighted by Crippen LogP contribution is -2.43. The van der Waals surface area contributed by atoms with Crippen molar-refractivity contribution in [3.8, 4) is 0 Å². The molecular formula is C12H25NO. The molecule has 0 aromatic heterocycles. The highest BCUT2D eigenvalue weighted by Gasteiger charge is 2.24. The first-order valence-electron chi connectivity index (χ1n) is 6.01. The molecule has 0 spiro atoms. The third kappa shape index (κ3) is 3.58. The zero-order valence-corrected chi connectivity index (χ0v) is 9.84. The van der Waals surface area contributed by atoms with Crippen LogP contribution in [0.3, 0.4) is 0 Å². The summed E-state index contributed by atoms with van der Waals surface area (Å²) < 4.78 is 0. The van der Waals surface area contributed by atoms with Crippen molar-refractivity contribution in [3.63, 3.8) is 0 Å². The Morgan fingerprint density at radius 3 is 2.50 bits per heavy atom. The van der Waals surface area contributed by atoms with E-state index in [1.165, 1.54) is 25.7 Å². The van der Waals surface area contributed by atoms with E-state index < -0.39 is 5.60 Å². The van der Waals surface area contributed by atoms with Crippen LogP contribution in [0, 0.1) is 5.92 Å². The van der Waals surface area contributed by atoms with E-state index in [-0.39, 0.29) is 0 Å². The molecule has 0 heterocycles. The van der Waals surface area contributed by atoms with Gasteiger partial charge in [-0.1, -0.05) is 19.8 Å². The predicted molar refractivity (Wildman–Crippen MR) is 60.3 cm³/mol. The molecule has 1 fully saturated rings. The molecule has 1 rings (SSSR count). The van der Waals surface area contributed by atoms with Crippen LogP contribution >= 0.6 is 0 Å². The second kappa shape index (κ2) is 5.13. The fourth-order valence-electron chi connectivity index (χ4n) is 2.13. The lowest BCUT2D eigenvalue weighted by molar-refractivity contribution is 0.0512. The maximum Gasteiger partial charge on any atom is 0.0741 e.